The van der Waals surface area contributed by atoms with Crippen LogP contribution in [0.4, 0.5) is 5.69 Å². The van der Waals surface area contributed by atoms with Crippen molar-refractivity contribution in [1.29, 1.82) is 0 Å². The first-order chi connectivity index (χ1) is 16.1. The maximum Gasteiger partial charge on any atom is 0.231 e. The molecule has 3 heterocycles. The molecule has 0 saturated carbocycles. The van der Waals surface area contributed by atoms with Crippen LogP contribution in [0.15, 0.2) is 42.5 Å². The Morgan fingerprint density at radius 2 is 1.94 bits per heavy atom. The molecule has 0 radical (unpaired) electrons. The zero-order chi connectivity index (χ0) is 22.8. The molecule has 3 aliphatic heterocycles. The summed E-state index contributed by atoms with van der Waals surface area (Å²) in [7, 11) is 1.67. The number of fused-ring (bicyclic) bond motifs is 1. The van der Waals surface area contributed by atoms with E-state index in [2.05, 4.69) is 16.3 Å². The summed E-state index contributed by atoms with van der Waals surface area (Å²) in [5.74, 6) is 1.58. The zero-order valence-electron chi connectivity index (χ0n) is 18.8. The van der Waals surface area contributed by atoms with Crippen molar-refractivity contribution in [2.45, 2.75) is 25.3 Å². The number of nitrogens with one attached hydrogen (secondary N) is 1. The van der Waals surface area contributed by atoms with Gasteiger partial charge in [-0.05, 0) is 44.1 Å². The summed E-state index contributed by atoms with van der Waals surface area (Å²) in [5.41, 5.74) is 1.80. The zero-order valence-corrected chi connectivity index (χ0v) is 18.8. The Kier molecular flexibility index (Phi) is 6.09. The predicted octanol–water partition coefficient (Wildman–Crippen LogP) is 2.73. The lowest BCUT2D eigenvalue weighted by Gasteiger charge is -2.29. The van der Waals surface area contributed by atoms with E-state index in [0.717, 1.165) is 42.9 Å². The van der Waals surface area contributed by atoms with Crippen molar-refractivity contribution in [1.82, 2.24) is 10.2 Å². The highest BCUT2D eigenvalue weighted by molar-refractivity contribution is 6.00. The molecule has 33 heavy (non-hydrogen) atoms. The number of para-hydroxylation sites is 1. The van der Waals surface area contributed by atoms with E-state index in [4.69, 9.17) is 14.2 Å². The molecule has 1 N–H and O–H groups in total. The summed E-state index contributed by atoms with van der Waals surface area (Å²) in [6.07, 6.45) is 2.51. The molecule has 2 fully saturated rings. The van der Waals surface area contributed by atoms with Gasteiger partial charge in [0, 0.05) is 36.8 Å². The summed E-state index contributed by atoms with van der Waals surface area (Å²) in [6.45, 7) is 3.01. The molecule has 0 aromatic heterocycles. The van der Waals surface area contributed by atoms with Crippen LogP contribution in [0, 0.1) is 5.92 Å². The largest absolute Gasteiger partial charge is 0.496 e. The fourth-order valence-electron chi connectivity index (χ4n) is 4.96. The minimum atomic E-state index is -0.389. The maximum atomic E-state index is 13.1. The van der Waals surface area contributed by atoms with Gasteiger partial charge in [-0.15, -0.1) is 0 Å². The van der Waals surface area contributed by atoms with Gasteiger partial charge in [0.1, 0.15) is 5.75 Å². The number of nitrogens with zero attached hydrogens (tertiary/aromatic N) is 2. The molecule has 174 valence electrons. The van der Waals surface area contributed by atoms with Crippen molar-refractivity contribution in [3.8, 4) is 17.2 Å². The molecule has 0 aliphatic carbocycles. The van der Waals surface area contributed by atoms with Crippen LogP contribution < -0.4 is 24.4 Å². The fraction of sp³-hybridized carbons (Fsp3) is 0.440. The average Bonchev–Trinajstić information content (AvgIpc) is 3.60. The first-order valence-electron chi connectivity index (χ1n) is 11.5. The summed E-state index contributed by atoms with van der Waals surface area (Å²) in [5, 5.41) is 3.13. The van der Waals surface area contributed by atoms with E-state index in [-0.39, 0.29) is 37.0 Å². The second-order valence-electron chi connectivity index (χ2n) is 8.69. The van der Waals surface area contributed by atoms with Gasteiger partial charge < -0.3 is 24.4 Å². The number of carbonyl (C=O) groups is 2. The van der Waals surface area contributed by atoms with Crippen molar-refractivity contribution < 1.29 is 23.8 Å². The number of ether oxygens (including phenoxy) is 3. The van der Waals surface area contributed by atoms with Crippen LogP contribution in [0.25, 0.3) is 0 Å². The van der Waals surface area contributed by atoms with Gasteiger partial charge in [0.15, 0.2) is 11.5 Å². The summed E-state index contributed by atoms with van der Waals surface area (Å²) in [4.78, 5) is 29.8. The van der Waals surface area contributed by atoms with Crippen LogP contribution in [-0.4, -0.2) is 56.8 Å². The number of benzene rings is 2. The first-order valence-corrected chi connectivity index (χ1v) is 11.5. The number of hydrogen-bond donors (Lipinski definition) is 1. The van der Waals surface area contributed by atoms with Crippen LogP contribution >= 0.6 is 0 Å². The average molecular weight is 452 g/mol. The molecule has 2 aromatic carbocycles. The van der Waals surface area contributed by atoms with Crippen LogP contribution in [0.3, 0.4) is 0 Å². The molecule has 0 spiro atoms. The smallest absolute Gasteiger partial charge is 0.231 e. The predicted molar refractivity (Wildman–Crippen MR) is 123 cm³/mol. The Morgan fingerprint density at radius 1 is 1.15 bits per heavy atom. The van der Waals surface area contributed by atoms with Crippen LogP contribution in [0.1, 0.15) is 30.9 Å². The second kappa shape index (κ2) is 9.31. The van der Waals surface area contributed by atoms with Crippen molar-refractivity contribution in [2.24, 2.45) is 5.92 Å². The van der Waals surface area contributed by atoms with Crippen molar-refractivity contribution in [2.75, 3.05) is 45.0 Å². The van der Waals surface area contributed by atoms with Gasteiger partial charge in [-0.3, -0.25) is 14.5 Å². The second-order valence-corrected chi connectivity index (χ2v) is 8.69. The molecule has 0 unspecified atom stereocenters. The Morgan fingerprint density at radius 3 is 2.76 bits per heavy atom. The minimum absolute atomic E-state index is 0.0367. The topological polar surface area (TPSA) is 80.3 Å². The number of methoxy groups -OCH3 is 1. The molecule has 2 aromatic rings. The monoisotopic (exact) mass is 451 g/mol. The standard InChI is InChI=1S/C25H29N3O5/c1-31-21-7-3-2-6-19(21)20(27-10-4-5-11-27)14-26-25(30)17-12-24(29)28(15-17)18-8-9-22-23(13-18)33-16-32-22/h2-3,6-9,13,17,20H,4-5,10-12,14-16H2,1H3,(H,26,30)/t17-,20+/m0/s1. The van der Waals surface area contributed by atoms with Crippen molar-refractivity contribution in [3.63, 3.8) is 0 Å². The van der Waals surface area contributed by atoms with E-state index < -0.39 is 0 Å². The normalized spacial score (nSPS) is 20.8. The van der Waals surface area contributed by atoms with Crippen molar-refractivity contribution in [3.05, 3.63) is 48.0 Å². The lowest BCUT2D eigenvalue weighted by Crippen LogP contribution is -2.40. The SMILES string of the molecule is COc1ccccc1[C@@H](CNC(=O)[C@H]1CC(=O)N(c2ccc3c(c2)OCO3)C1)N1CCCC1. The maximum absolute atomic E-state index is 13.1. The van der Waals surface area contributed by atoms with E-state index >= 15 is 0 Å². The van der Waals surface area contributed by atoms with E-state index in [9.17, 15) is 9.59 Å². The van der Waals surface area contributed by atoms with E-state index in [0.29, 0.717) is 24.6 Å². The highest BCUT2D eigenvalue weighted by Gasteiger charge is 2.36. The summed E-state index contributed by atoms with van der Waals surface area (Å²) >= 11 is 0. The molecule has 2 saturated heterocycles. The molecule has 5 rings (SSSR count). The van der Waals surface area contributed by atoms with Gasteiger partial charge in [0.2, 0.25) is 18.6 Å². The Balaban J connectivity index is 1.26. The van der Waals surface area contributed by atoms with E-state index in [1.807, 2.05) is 24.3 Å². The highest BCUT2D eigenvalue weighted by atomic mass is 16.7. The van der Waals surface area contributed by atoms with Gasteiger partial charge >= 0.3 is 0 Å². The minimum Gasteiger partial charge on any atom is -0.496 e. The number of hydrogen-bond acceptors (Lipinski definition) is 6. The Labute approximate surface area is 193 Å². The lowest BCUT2D eigenvalue weighted by molar-refractivity contribution is -0.126. The van der Waals surface area contributed by atoms with Crippen LogP contribution in [0.5, 0.6) is 17.2 Å². The molecule has 8 nitrogen and oxygen atoms in total. The third kappa shape index (κ3) is 4.35. The van der Waals surface area contributed by atoms with Gasteiger partial charge in [-0.1, -0.05) is 18.2 Å². The lowest BCUT2D eigenvalue weighted by atomic mass is 10.0. The van der Waals surface area contributed by atoms with Gasteiger partial charge in [0.25, 0.3) is 0 Å². The molecule has 0 bridgehead atoms. The first kappa shape index (κ1) is 21.6. The van der Waals surface area contributed by atoms with Gasteiger partial charge in [0.05, 0.1) is 19.1 Å². The number of carbonyl (C=O) groups excluding carboxylic acids is 2. The number of amides is 2. The molecular formula is C25H29N3O5. The number of anilines is 1. The van der Waals surface area contributed by atoms with Crippen LogP contribution in [-0.2, 0) is 9.59 Å². The quantitative estimate of drug-likeness (QED) is 0.697. The third-order valence-electron chi connectivity index (χ3n) is 6.71. The highest BCUT2D eigenvalue weighted by Crippen LogP contribution is 2.37. The summed E-state index contributed by atoms with van der Waals surface area (Å²) < 4.78 is 16.4. The third-order valence-corrected chi connectivity index (χ3v) is 6.71. The number of rotatable bonds is 7. The van der Waals surface area contributed by atoms with Crippen LogP contribution in [0.2, 0.25) is 0 Å². The van der Waals surface area contributed by atoms with E-state index in [1.54, 1.807) is 24.1 Å². The summed E-state index contributed by atoms with van der Waals surface area (Å²) in [6, 6.07) is 13.4. The molecule has 8 heteroatoms. The van der Waals surface area contributed by atoms with Gasteiger partial charge in [-0.2, -0.15) is 0 Å². The number of likely N-dealkylation sites (tertiary alicyclic amines) is 1. The Bertz CT molecular complexity index is 1040. The molecule has 2 amide bonds. The Hall–Kier alpha value is -3.26. The molecule has 2 atom stereocenters. The fourth-order valence-corrected chi connectivity index (χ4v) is 4.96. The molecular weight excluding hydrogens is 422 g/mol. The van der Waals surface area contributed by atoms with Gasteiger partial charge in [-0.25, -0.2) is 0 Å². The van der Waals surface area contributed by atoms with Crippen molar-refractivity contribution >= 4 is 17.5 Å². The molecule has 3 aliphatic rings. The van der Waals surface area contributed by atoms with E-state index in [1.165, 1.54) is 0 Å².